The van der Waals surface area contributed by atoms with Gasteiger partial charge >= 0.3 is 0 Å². The van der Waals surface area contributed by atoms with Crippen LogP contribution in [0.3, 0.4) is 0 Å². The van der Waals surface area contributed by atoms with E-state index in [-0.39, 0.29) is 30.4 Å². The number of para-hydroxylation sites is 2. The number of rotatable bonds is 9. The monoisotopic (exact) mass is 498 g/mol. The Morgan fingerprint density at radius 1 is 1.12 bits per heavy atom. The van der Waals surface area contributed by atoms with Crippen LogP contribution in [0.1, 0.15) is 46.4 Å². The van der Waals surface area contributed by atoms with Crippen molar-refractivity contribution in [3.05, 3.63) is 68.5 Å². The van der Waals surface area contributed by atoms with Crippen LogP contribution in [0.15, 0.2) is 53.2 Å². The molecule has 3 heterocycles. The van der Waals surface area contributed by atoms with Crippen molar-refractivity contribution in [3.63, 3.8) is 0 Å². The van der Waals surface area contributed by atoms with Crippen LogP contribution in [0, 0.1) is 0 Å². The third-order valence-corrected chi connectivity index (χ3v) is 8.16. The molecule has 4 rings (SSSR count). The Kier molecular flexibility index (Phi) is 7.90. The fourth-order valence-corrected chi connectivity index (χ4v) is 5.82. The normalized spacial score (nSPS) is 16.0. The van der Waals surface area contributed by atoms with Crippen LogP contribution < -0.4 is 9.47 Å². The van der Waals surface area contributed by atoms with E-state index in [9.17, 15) is 9.59 Å². The van der Waals surface area contributed by atoms with Gasteiger partial charge in [0.25, 0.3) is 5.91 Å². The molecule has 1 aromatic carbocycles. The fourth-order valence-electron chi connectivity index (χ4n) is 4.21. The lowest BCUT2D eigenvalue weighted by atomic mass is 10.00. The summed E-state index contributed by atoms with van der Waals surface area (Å²) in [5.41, 5.74) is 1.12. The first-order chi connectivity index (χ1) is 16.5. The van der Waals surface area contributed by atoms with Crippen LogP contribution in [0.5, 0.6) is 11.5 Å². The topological polar surface area (TPSA) is 59.1 Å². The summed E-state index contributed by atoms with van der Waals surface area (Å²) in [7, 11) is 1.61. The lowest BCUT2D eigenvalue weighted by molar-refractivity contribution is -0.136. The minimum atomic E-state index is -0.219. The molecule has 0 saturated carbocycles. The van der Waals surface area contributed by atoms with Crippen molar-refractivity contribution < 1.29 is 19.1 Å². The van der Waals surface area contributed by atoms with Gasteiger partial charge in [-0.3, -0.25) is 9.59 Å². The largest absolute Gasteiger partial charge is 0.493 e. The van der Waals surface area contributed by atoms with Gasteiger partial charge in [-0.1, -0.05) is 25.1 Å². The number of carbonyl (C=O) groups excluding carboxylic acids is 2. The first-order valence-corrected chi connectivity index (χ1v) is 13.2. The summed E-state index contributed by atoms with van der Waals surface area (Å²) >= 11 is 3.12. The van der Waals surface area contributed by atoms with Gasteiger partial charge in [-0.2, -0.15) is 0 Å². The van der Waals surface area contributed by atoms with Gasteiger partial charge in [0.15, 0.2) is 11.5 Å². The van der Waals surface area contributed by atoms with Crippen molar-refractivity contribution >= 4 is 34.5 Å². The van der Waals surface area contributed by atoms with E-state index in [2.05, 4.69) is 11.4 Å². The highest BCUT2D eigenvalue weighted by Gasteiger charge is 2.34. The average molecular weight is 499 g/mol. The van der Waals surface area contributed by atoms with Crippen molar-refractivity contribution in [1.29, 1.82) is 0 Å². The summed E-state index contributed by atoms with van der Waals surface area (Å²) in [6, 6.07) is 13.0. The van der Waals surface area contributed by atoms with Crippen molar-refractivity contribution in [2.45, 2.75) is 38.8 Å². The molecule has 3 aromatic rings. The molecule has 6 nitrogen and oxygen atoms in total. The number of methoxy groups -OCH3 is 1. The maximum Gasteiger partial charge on any atom is 0.264 e. The van der Waals surface area contributed by atoms with Gasteiger partial charge < -0.3 is 19.3 Å². The molecule has 2 aromatic heterocycles. The second-order valence-electron chi connectivity index (χ2n) is 8.28. The van der Waals surface area contributed by atoms with E-state index in [0.717, 1.165) is 18.4 Å². The molecule has 0 fully saturated rings. The summed E-state index contributed by atoms with van der Waals surface area (Å²) in [5, 5.41) is 3.96. The number of nitrogens with zero attached hydrogens (tertiary/aromatic N) is 2. The van der Waals surface area contributed by atoms with E-state index in [0.29, 0.717) is 29.5 Å². The third-order valence-electron chi connectivity index (χ3n) is 6.30. The van der Waals surface area contributed by atoms with E-state index in [1.165, 1.54) is 16.2 Å². The van der Waals surface area contributed by atoms with Crippen LogP contribution in [0.2, 0.25) is 0 Å². The van der Waals surface area contributed by atoms with Gasteiger partial charge in [0.1, 0.15) is 13.2 Å². The van der Waals surface area contributed by atoms with E-state index < -0.39 is 0 Å². The van der Waals surface area contributed by atoms with Gasteiger partial charge in [-0.05, 0) is 60.4 Å². The highest BCUT2D eigenvalue weighted by Crippen LogP contribution is 2.35. The summed E-state index contributed by atoms with van der Waals surface area (Å²) in [6.07, 6.45) is 1.59. The van der Waals surface area contributed by atoms with Crippen molar-refractivity contribution in [2.75, 3.05) is 26.8 Å². The number of fused-ring (bicyclic) bond motifs is 1. The van der Waals surface area contributed by atoms with Gasteiger partial charge in [0.05, 0.1) is 18.0 Å². The summed E-state index contributed by atoms with van der Waals surface area (Å²) in [5.74, 6) is 1.16. The summed E-state index contributed by atoms with van der Waals surface area (Å²) in [4.78, 5) is 32.3. The maximum absolute atomic E-state index is 13.6. The molecule has 0 unspecified atom stereocenters. The SMILES string of the molecule is CC[C@@H](C)N(CC(=O)N1CCc2sccc2[C@H]1COc1ccccc1OC)C(=O)c1cccs1. The molecular formula is C26H30N2O4S2. The number of hydrogen-bond donors (Lipinski definition) is 0. The number of ether oxygens (including phenoxy) is 2. The number of amides is 2. The van der Waals surface area contributed by atoms with Gasteiger partial charge in [-0.15, -0.1) is 22.7 Å². The zero-order chi connectivity index (χ0) is 24.1. The Morgan fingerprint density at radius 3 is 2.62 bits per heavy atom. The molecule has 0 aliphatic carbocycles. The molecule has 0 spiro atoms. The fraction of sp³-hybridized carbons (Fsp3) is 0.385. The molecule has 2 amide bonds. The standard InChI is InChI=1S/C26H30N2O4S2/c1-4-18(2)28(26(30)24-10-7-14-33-24)16-25(29)27-13-11-23-19(12-15-34-23)20(27)17-32-22-9-6-5-8-21(22)31-3/h5-10,12,14-15,18,20H,4,11,13,16-17H2,1-3H3/t18-,20-/m1/s1. The Balaban J connectivity index is 1.55. The molecule has 8 heteroatoms. The molecule has 2 atom stereocenters. The van der Waals surface area contributed by atoms with E-state index in [1.807, 2.05) is 60.5 Å². The average Bonchev–Trinajstić information content (AvgIpc) is 3.57. The van der Waals surface area contributed by atoms with E-state index >= 15 is 0 Å². The number of benzene rings is 1. The van der Waals surface area contributed by atoms with Crippen LogP contribution in [-0.4, -0.2) is 54.5 Å². The predicted molar refractivity (Wildman–Crippen MR) is 136 cm³/mol. The van der Waals surface area contributed by atoms with Gasteiger partial charge in [-0.25, -0.2) is 0 Å². The van der Waals surface area contributed by atoms with Gasteiger partial charge in [0, 0.05) is 17.5 Å². The Hall–Kier alpha value is -2.84. The van der Waals surface area contributed by atoms with Crippen LogP contribution in [0.25, 0.3) is 0 Å². The van der Waals surface area contributed by atoms with Crippen molar-refractivity contribution in [2.24, 2.45) is 0 Å². The maximum atomic E-state index is 13.6. The lowest BCUT2D eigenvalue weighted by Gasteiger charge is -2.38. The molecule has 1 aliphatic rings. The number of thiophene rings is 2. The van der Waals surface area contributed by atoms with Crippen molar-refractivity contribution in [3.8, 4) is 11.5 Å². The van der Waals surface area contributed by atoms with E-state index in [1.54, 1.807) is 23.3 Å². The Labute approximate surface area is 208 Å². The number of hydrogen-bond acceptors (Lipinski definition) is 6. The predicted octanol–water partition coefficient (Wildman–Crippen LogP) is 5.26. The zero-order valence-electron chi connectivity index (χ0n) is 19.7. The minimum Gasteiger partial charge on any atom is -0.493 e. The Bertz CT molecular complexity index is 1110. The molecule has 180 valence electrons. The first-order valence-electron chi connectivity index (χ1n) is 11.5. The quantitative estimate of drug-likeness (QED) is 0.404. The molecule has 0 radical (unpaired) electrons. The molecule has 0 N–H and O–H groups in total. The third kappa shape index (κ3) is 5.13. The highest BCUT2D eigenvalue weighted by atomic mass is 32.1. The van der Waals surface area contributed by atoms with Crippen molar-refractivity contribution in [1.82, 2.24) is 9.80 Å². The van der Waals surface area contributed by atoms with Crippen LogP contribution in [-0.2, 0) is 11.2 Å². The second kappa shape index (κ2) is 11.1. The lowest BCUT2D eigenvalue weighted by Crippen LogP contribution is -2.49. The smallest absolute Gasteiger partial charge is 0.264 e. The first kappa shape index (κ1) is 24.3. The molecule has 1 aliphatic heterocycles. The van der Waals surface area contributed by atoms with E-state index in [4.69, 9.17) is 9.47 Å². The molecule has 0 saturated heterocycles. The summed E-state index contributed by atoms with van der Waals surface area (Å²) < 4.78 is 11.6. The zero-order valence-corrected chi connectivity index (χ0v) is 21.4. The summed E-state index contributed by atoms with van der Waals surface area (Å²) in [6.45, 7) is 5.00. The Morgan fingerprint density at radius 2 is 1.91 bits per heavy atom. The molecular weight excluding hydrogens is 468 g/mol. The minimum absolute atomic E-state index is 0.0386. The van der Waals surface area contributed by atoms with Gasteiger partial charge in [0.2, 0.25) is 5.91 Å². The highest BCUT2D eigenvalue weighted by molar-refractivity contribution is 7.12. The number of carbonyl (C=O) groups is 2. The second-order valence-corrected chi connectivity index (χ2v) is 10.2. The van der Waals surface area contributed by atoms with Crippen LogP contribution >= 0.6 is 22.7 Å². The molecule has 0 bridgehead atoms. The molecule has 34 heavy (non-hydrogen) atoms. The van der Waals surface area contributed by atoms with Crippen LogP contribution in [0.4, 0.5) is 0 Å².